The number of aromatic nitrogens is 2. The van der Waals surface area contributed by atoms with Crippen LogP contribution < -0.4 is 0 Å². The highest BCUT2D eigenvalue weighted by atomic mass is 79.9. The van der Waals surface area contributed by atoms with Crippen LogP contribution in [0.4, 0.5) is 0 Å². The van der Waals surface area contributed by atoms with Gasteiger partial charge in [-0.15, -0.1) is 0 Å². The molecule has 0 unspecified atom stereocenters. The minimum atomic E-state index is -0.264. The second-order valence-electron chi connectivity index (χ2n) is 5.23. The summed E-state index contributed by atoms with van der Waals surface area (Å²) in [5.41, 5.74) is 2.80. The van der Waals surface area contributed by atoms with Gasteiger partial charge in [-0.1, -0.05) is 28.1 Å². The number of hydrogen-bond donors (Lipinski definition) is 0. The molecular formula is C16H17BrN2O2. The second-order valence-corrected chi connectivity index (χ2v) is 6.14. The molecule has 0 aliphatic heterocycles. The summed E-state index contributed by atoms with van der Waals surface area (Å²) in [6, 6.07) is 8.14. The summed E-state index contributed by atoms with van der Waals surface area (Å²) >= 11 is 3.48. The first kappa shape index (κ1) is 14.3. The molecule has 0 radical (unpaired) electrons. The van der Waals surface area contributed by atoms with Crippen molar-refractivity contribution in [2.45, 2.75) is 32.2 Å². The van der Waals surface area contributed by atoms with E-state index in [4.69, 9.17) is 4.74 Å². The standard InChI is InChI=1S/C16H17BrN2O2/c1-2-21-16(20)14-9-18-19(15(14)12-6-7-12)10-11-4-3-5-13(17)8-11/h3-5,8-9,12H,2,6-7,10H2,1H3. The number of carbonyl (C=O) groups is 1. The lowest BCUT2D eigenvalue weighted by atomic mass is 10.1. The van der Waals surface area contributed by atoms with Crippen molar-refractivity contribution in [3.63, 3.8) is 0 Å². The van der Waals surface area contributed by atoms with Crippen LogP contribution in [0.2, 0.25) is 0 Å². The van der Waals surface area contributed by atoms with Crippen LogP contribution in [-0.4, -0.2) is 22.4 Å². The van der Waals surface area contributed by atoms with Crippen molar-refractivity contribution < 1.29 is 9.53 Å². The van der Waals surface area contributed by atoms with Crippen molar-refractivity contribution in [3.8, 4) is 0 Å². The first-order valence-corrected chi connectivity index (χ1v) is 7.95. The molecule has 2 aromatic rings. The molecule has 110 valence electrons. The maximum absolute atomic E-state index is 12.0. The minimum absolute atomic E-state index is 0.264. The molecule has 1 aliphatic rings. The summed E-state index contributed by atoms with van der Waals surface area (Å²) in [7, 11) is 0. The fourth-order valence-electron chi connectivity index (χ4n) is 2.48. The SMILES string of the molecule is CCOC(=O)c1cnn(Cc2cccc(Br)c2)c1C1CC1. The van der Waals surface area contributed by atoms with Gasteiger partial charge in [0.05, 0.1) is 25.0 Å². The molecule has 5 heteroatoms. The van der Waals surface area contributed by atoms with Crippen LogP contribution in [0.15, 0.2) is 34.9 Å². The van der Waals surface area contributed by atoms with Gasteiger partial charge in [0.2, 0.25) is 0 Å². The predicted molar refractivity (Wildman–Crippen MR) is 83.4 cm³/mol. The lowest BCUT2D eigenvalue weighted by Crippen LogP contribution is -2.10. The van der Waals surface area contributed by atoms with Crippen LogP contribution in [0.3, 0.4) is 0 Å². The minimum Gasteiger partial charge on any atom is -0.462 e. The molecule has 1 aliphatic carbocycles. The normalized spacial score (nSPS) is 14.2. The number of nitrogens with zero attached hydrogens (tertiary/aromatic N) is 2. The number of carbonyl (C=O) groups excluding carboxylic acids is 1. The van der Waals surface area contributed by atoms with Crippen LogP contribution in [0.5, 0.6) is 0 Å². The van der Waals surface area contributed by atoms with Crippen LogP contribution in [0.25, 0.3) is 0 Å². The zero-order valence-electron chi connectivity index (χ0n) is 11.9. The van der Waals surface area contributed by atoms with Crippen LogP contribution in [-0.2, 0) is 11.3 Å². The van der Waals surface area contributed by atoms with E-state index in [0.717, 1.165) is 28.6 Å². The Bertz CT molecular complexity index is 662. The first-order valence-electron chi connectivity index (χ1n) is 7.16. The predicted octanol–water partition coefficient (Wildman–Crippen LogP) is 3.75. The van der Waals surface area contributed by atoms with Crippen molar-refractivity contribution in [3.05, 3.63) is 51.8 Å². The molecule has 1 aromatic carbocycles. The Hall–Kier alpha value is -1.62. The monoisotopic (exact) mass is 348 g/mol. The number of ether oxygens (including phenoxy) is 1. The third kappa shape index (κ3) is 3.18. The molecule has 1 aromatic heterocycles. The van der Waals surface area contributed by atoms with Gasteiger partial charge in [-0.3, -0.25) is 4.68 Å². The van der Waals surface area contributed by atoms with E-state index in [-0.39, 0.29) is 5.97 Å². The van der Waals surface area contributed by atoms with Gasteiger partial charge < -0.3 is 4.74 Å². The molecule has 1 fully saturated rings. The summed E-state index contributed by atoms with van der Waals surface area (Å²) in [6.07, 6.45) is 3.89. The van der Waals surface area contributed by atoms with Gasteiger partial charge in [-0.2, -0.15) is 5.10 Å². The van der Waals surface area contributed by atoms with Crippen molar-refractivity contribution >= 4 is 21.9 Å². The fourth-order valence-corrected chi connectivity index (χ4v) is 2.93. The summed E-state index contributed by atoms with van der Waals surface area (Å²) < 4.78 is 8.11. The van der Waals surface area contributed by atoms with Crippen LogP contribution in [0, 0.1) is 0 Å². The molecule has 0 saturated heterocycles. The Morgan fingerprint density at radius 1 is 1.48 bits per heavy atom. The highest BCUT2D eigenvalue weighted by Gasteiger charge is 2.32. The van der Waals surface area contributed by atoms with Gasteiger partial charge in [0.15, 0.2) is 0 Å². The largest absolute Gasteiger partial charge is 0.462 e. The molecule has 1 saturated carbocycles. The third-order valence-corrected chi connectivity index (χ3v) is 4.05. The topological polar surface area (TPSA) is 44.1 Å². The number of hydrogen-bond acceptors (Lipinski definition) is 3. The molecule has 1 heterocycles. The summed E-state index contributed by atoms with van der Waals surface area (Å²) in [5.74, 6) is 0.180. The van der Waals surface area contributed by atoms with Crippen molar-refractivity contribution in [2.24, 2.45) is 0 Å². The van der Waals surface area contributed by atoms with E-state index in [1.807, 2.05) is 23.7 Å². The smallest absolute Gasteiger partial charge is 0.341 e. The van der Waals surface area contributed by atoms with E-state index in [2.05, 4.69) is 33.2 Å². The molecule has 0 spiro atoms. The second kappa shape index (κ2) is 6.02. The van der Waals surface area contributed by atoms with Gasteiger partial charge in [-0.25, -0.2) is 4.79 Å². The zero-order valence-corrected chi connectivity index (χ0v) is 13.5. The average Bonchev–Trinajstić information content (AvgIpc) is 3.20. The highest BCUT2D eigenvalue weighted by molar-refractivity contribution is 9.10. The van der Waals surface area contributed by atoms with E-state index >= 15 is 0 Å². The molecule has 21 heavy (non-hydrogen) atoms. The molecule has 3 rings (SSSR count). The molecule has 0 bridgehead atoms. The van der Waals surface area contributed by atoms with E-state index in [1.165, 1.54) is 0 Å². The zero-order chi connectivity index (χ0) is 14.8. The summed E-state index contributed by atoms with van der Waals surface area (Å²) in [5, 5.41) is 4.41. The van der Waals surface area contributed by atoms with Crippen molar-refractivity contribution in [1.29, 1.82) is 0 Å². The van der Waals surface area contributed by atoms with Gasteiger partial charge in [-0.05, 0) is 37.5 Å². The first-order chi connectivity index (χ1) is 10.2. The Morgan fingerprint density at radius 2 is 2.29 bits per heavy atom. The maximum atomic E-state index is 12.0. The molecule has 4 nitrogen and oxygen atoms in total. The summed E-state index contributed by atoms with van der Waals surface area (Å²) in [4.78, 5) is 12.0. The third-order valence-electron chi connectivity index (χ3n) is 3.56. The molecule has 0 atom stereocenters. The van der Waals surface area contributed by atoms with Crippen LogP contribution >= 0.6 is 15.9 Å². The van der Waals surface area contributed by atoms with E-state index < -0.39 is 0 Å². The van der Waals surface area contributed by atoms with Gasteiger partial charge in [0.1, 0.15) is 5.56 Å². The van der Waals surface area contributed by atoms with E-state index in [1.54, 1.807) is 6.20 Å². The molecular weight excluding hydrogens is 332 g/mol. The Balaban J connectivity index is 1.90. The lowest BCUT2D eigenvalue weighted by molar-refractivity contribution is 0.0525. The van der Waals surface area contributed by atoms with Gasteiger partial charge in [0, 0.05) is 10.4 Å². The van der Waals surface area contributed by atoms with E-state index in [9.17, 15) is 4.79 Å². The Morgan fingerprint density at radius 3 is 2.95 bits per heavy atom. The van der Waals surface area contributed by atoms with Gasteiger partial charge in [0.25, 0.3) is 0 Å². The molecule has 0 N–H and O–H groups in total. The number of benzene rings is 1. The Labute approximate surface area is 132 Å². The van der Waals surface area contributed by atoms with Gasteiger partial charge >= 0.3 is 5.97 Å². The number of rotatable bonds is 5. The lowest BCUT2D eigenvalue weighted by Gasteiger charge is -2.09. The Kier molecular flexibility index (Phi) is 4.10. The maximum Gasteiger partial charge on any atom is 0.341 e. The van der Waals surface area contributed by atoms with Crippen molar-refractivity contribution in [2.75, 3.05) is 6.61 Å². The molecule has 0 amide bonds. The van der Waals surface area contributed by atoms with Crippen LogP contribution in [0.1, 0.15) is 47.3 Å². The quantitative estimate of drug-likeness (QED) is 0.773. The highest BCUT2D eigenvalue weighted by Crippen LogP contribution is 2.42. The summed E-state index contributed by atoms with van der Waals surface area (Å²) in [6.45, 7) is 2.88. The number of halogens is 1. The fraction of sp³-hybridized carbons (Fsp3) is 0.375. The van der Waals surface area contributed by atoms with E-state index in [0.29, 0.717) is 24.6 Å². The van der Waals surface area contributed by atoms with Crippen molar-refractivity contribution in [1.82, 2.24) is 9.78 Å². The number of esters is 1. The average molecular weight is 349 g/mol.